The summed E-state index contributed by atoms with van der Waals surface area (Å²) in [6, 6.07) is 1.38. The normalized spacial score (nSPS) is 23.9. The van der Waals surface area contributed by atoms with E-state index >= 15 is 0 Å². The second-order valence-electron chi connectivity index (χ2n) is 27.8. The molecule has 0 radical (unpaired) electrons. The Morgan fingerprint density at radius 1 is 0.373 bits per heavy atom. The van der Waals surface area contributed by atoms with Crippen molar-refractivity contribution in [1.29, 1.82) is 0 Å². The zero-order valence-corrected chi connectivity index (χ0v) is 56.9. The third-order valence-electron chi connectivity index (χ3n) is 20.7. The Hall–Kier alpha value is -10.6. The van der Waals surface area contributed by atoms with Gasteiger partial charge in [0.2, 0.25) is 23.6 Å². The highest BCUT2D eigenvalue weighted by atomic mass is 16.2. The molecule has 5 fully saturated rings. The van der Waals surface area contributed by atoms with E-state index < -0.39 is 134 Å². The number of likely N-dealkylation sites (tertiary alicyclic amines) is 4. The van der Waals surface area contributed by atoms with Crippen LogP contribution in [0.2, 0.25) is 0 Å². The van der Waals surface area contributed by atoms with Gasteiger partial charge in [-0.2, -0.15) is 0 Å². The van der Waals surface area contributed by atoms with E-state index in [2.05, 4.69) is 51.5 Å². The van der Waals surface area contributed by atoms with Crippen LogP contribution in [0.5, 0.6) is 0 Å². The van der Waals surface area contributed by atoms with Crippen molar-refractivity contribution in [2.75, 3.05) is 91.6 Å². The number of imide groups is 1. The lowest BCUT2D eigenvalue weighted by Gasteiger charge is -2.28. The van der Waals surface area contributed by atoms with Crippen LogP contribution in [0.25, 0.3) is 0 Å². The van der Waals surface area contributed by atoms with Gasteiger partial charge < -0.3 is 26.6 Å². The molecule has 6 aliphatic heterocycles. The Kier molecular flexibility index (Phi) is 20.7. The summed E-state index contributed by atoms with van der Waals surface area (Å²) in [5, 5.41) is 15.3. The van der Waals surface area contributed by atoms with Crippen LogP contribution in [0.3, 0.4) is 0 Å². The Labute approximate surface area is 578 Å². The molecule has 5 saturated heterocycles. The first-order chi connectivity index (χ1) is 48.6. The van der Waals surface area contributed by atoms with Crippen molar-refractivity contribution in [2.45, 2.75) is 127 Å². The molecule has 36 heteroatoms. The van der Waals surface area contributed by atoms with Crippen molar-refractivity contribution in [3.8, 4) is 0 Å². The predicted octanol–water partition coefficient (Wildman–Crippen LogP) is -5.59. The van der Waals surface area contributed by atoms with E-state index in [1.807, 2.05) is 4.90 Å². The van der Waals surface area contributed by atoms with E-state index in [0.29, 0.717) is 24.1 Å². The van der Waals surface area contributed by atoms with Crippen LogP contribution in [0.4, 0.5) is 0 Å². The largest absolute Gasteiger partial charge is 0.353 e. The molecule has 1 aromatic carbocycles. The van der Waals surface area contributed by atoms with E-state index in [0.717, 1.165) is 4.90 Å². The second-order valence-corrected chi connectivity index (χ2v) is 27.8. The summed E-state index contributed by atoms with van der Waals surface area (Å²) in [7, 11) is 0. The molecule has 0 spiro atoms. The lowest BCUT2D eigenvalue weighted by Crippen LogP contribution is -2.50. The molecule has 36 nitrogen and oxygen atoms in total. The van der Waals surface area contributed by atoms with Crippen molar-refractivity contribution in [1.82, 2.24) is 98.8 Å². The van der Waals surface area contributed by atoms with Gasteiger partial charge in [0.25, 0.3) is 39.6 Å². The third kappa shape index (κ3) is 15.4. The lowest BCUT2D eigenvalue weighted by atomic mass is 10.1. The zero-order valence-electron chi connectivity index (χ0n) is 56.9. The van der Waals surface area contributed by atoms with Crippen LogP contribution in [-0.4, -0.2) is 230 Å². The smallest absolute Gasteiger partial charge is 0.328 e. The monoisotopic (exact) mass is 1410 g/mol. The van der Waals surface area contributed by atoms with Crippen LogP contribution >= 0.6 is 0 Å². The fourth-order valence-electron chi connectivity index (χ4n) is 15.2. The van der Waals surface area contributed by atoms with Gasteiger partial charge in [-0.3, -0.25) is 125 Å². The summed E-state index contributed by atoms with van der Waals surface area (Å²) < 4.78 is 7.01. The number of carbonyl (C=O) groups is 6. The highest BCUT2D eigenvalue weighted by molar-refractivity contribution is 6.21. The maximum Gasteiger partial charge on any atom is 0.328 e. The number of aryl methyl sites for hydroxylation is 5. The van der Waals surface area contributed by atoms with Gasteiger partial charge in [0.15, 0.2) is 0 Å². The number of benzene rings is 1. The number of aromatic nitrogens is 10. The maximum absolute atomic E-state index is 14.4. The molecule has 6 aromatic rings. The first-order valence-corrected chi connectivity index (χ1v) is 33.9. The van der Waals surface area contributed by atoms with E-state index in [4.69, 9.17) is 0 Å². The quantitative estimate of drug-likeness (QED) is 0.0267. The van der Waals surface area contributed by atoms with Crippen molar-refractivity contribution >= 4 is 35.4 Å². The fourth-order valence-corrected chi connectivity index (χ4v) is 15.2. The molecule has 12 rings (SSSR count). The molecule has 542 valence electrons. The van der Waals surface area contributed by atoms with Gasteiger partial charge in [-0.05, 0) is 78.9 Å². The Morgan fingerprint density at radius 2 is 0.647 bits per heavy atom. The minimum absolute atomic E-state index is 0.0117. The van der Waals surface area contributed by atoms with Gasteiger partial charge >= 0.3 is 28.4 Å². The first-order valence-electron chi connectivity index (χ1n) is 33.9. The van der Waals surface area contributed by atoms with Crippen molar-refractivity contribution in [3.05, 3.63) is 198 Å². The number of hydrogen-bond acceptors (Lipinski definition) is 21. The minimum Gasteiger partial charge on any atom is -0.353 e. The number of H-pyrrole nitrogens is 5. The van der Waals surface area contributed by atoms with E-state index in [1.165, 1.54) is 53.8 Å². The van der Waals surface area contributed by atoms with Gasteiger partial charge in [-0.25, -0.2) is 24.0 Å². The topological polar surface area (TPSA) is 453 Å². The minimum atomic E-state index is -0.679. The molecule has 5 aromatic heterocycles. The molecule has 10 atom stereocenters. The first kappa shape index (κ1) is 71.3. The van der Waals surface area contributed by atoms with Crippen LogP contribution in [-0.2, 0) is 19.2 Å². The molecule has 0 bridgehead atoms. The summed E-state index contributed by atoms with van der Waals surface area (Å²) in [5.74, 6) is -2.78. The van der Waals surface area contributed by atoms with Gasteiger partial charge in [0, 0.05) is 154 Å². The number of nitrogens with zero attached hydrogens (tertiary/aromatic N) is 10. The van der Waals surface area contributed by atoms with Crippen molar-refractivity contribution in [2.24, 2.45) is 0 Å². The number of amides is 6. The van der Waals surface area contributed by atoms with Gasteiger partial charge in [-0.15, -0.1) is 0 Å². The maximum atomic E-state index is 14.4. The average Bonchev–Trinajstić information content (AvgIpc) is 1.63. The number of nitrogens with one attached hydrogen (secondary N) is 10. The number of rotatable bonds is 23. The molecule has 0 unspecified atom stereocenters. The Bertz CT molecular complexity index is 4920. The molecular weight excluding hydrogens is 1330 g/mol. The third-order valence-corrected chi connectivity index (χ3v) is 20.7. The molecule has 0 saturated carbocycles. The summed E-state index contributed by atoms with van der Waals surface area (Å²) in [4.78, 5) is 232. The highest BCUT2D eigenvalue weighted by Gasteiger charge is 2.44. The predicted molar refractivity (Wildman–Crippen MR) is 366 cm³/mol. The van der Waals surface area contributed by atoms with Crippen LogP contribution in [0.1, 0.15) is 111 Å². The summed E-state index contributed by atoms with van der Waals surface area (Å²) in [6.45, 7) is 7.92. The molecule has 102 heavy (non-hydrogen) atoms. The SMILES string of the molecule is Cc1cn([C@@H]2C[C@H](CN3C(=O)c4ccccc4C3=O)N(CC(=O)NC[C@H]3C[C@@H](n4cc(C)c(=O)[nH]c4=O)CN3CC(=O)NC[C@H]3C[C@@H](n4cc(C)c(=O)[nH]c4=O)CN3CC(=O)NC[C@H]3C[C@@H](n4cc(C)c(=O)[nH]c4=O)CN3CC(=O)NC[C@H]3C[C@@H](n4cc(C)c(=O)[nH]c4=O)CN3)C2)c(=O)[nH]c1=O. The van der Waals surface area contributed by atoms with E-state index in [1.54, 1.807) is 73.6 Å². The number of aromatic amines is 5. The van der Waals surface area contributed by atoms with Crippen LogP contribution < -0.4 is 82.8 Å². The number of hydrogen-bond donors (Lipinski definition) is 10. The highest BCUT2D eigenvalue weighted by Crippen LogP contribution is 2.32. The van der Waals surface area contributed by atoms with Gasteiger partial charge in [0.1, 0.15) is 0 Å². The zero-order chi connectivity index (χ0) is 72.7. The molecule has 6 aliphatic rings. The molecular formula is C66H82N20O16. The van der Waals surface area contributed by atoms with Crippen molar-refractivity contribution in [3.63, 3.8) is 0 Å². The van der Waals surface area contributed by atoms with Gasteiger partial charge in [0.05, 0.1) is 67.5 Å². The van der Waals surface area contributed by atoms with Gasteiger partial charge in [-0.1, -0.05) is 12.1 Å². The van der Waals surface area contributed by atoms with Crippen LogP contribution in [0.15, 0.2) is 103 Å². The Balaban J connectivity index is 0.714. The second kappa shape index (κ2) is 29.6. The standard InChI is InChI=1S/C66H82N20O16/c1-34-20-81(62(98)72-55(34)91)43-10-39(67-19-43)15-68-51(87)30-77-25-45(82-21-35(2)56(92)73-63(82)99)11-40(77)16-69-52(88)31-78-26-46(83-22-36(3)57(93)74-64(83)100)12-41(78)17-70-53(89)32-79-27-47(84-23-37(4)58(94)75-65(84)101)13-42(79)18-71-54(90)33-80-28-48(85-24-38(5)59(95)76-66(85)102)14-44(80)29-86-60(96)49-8-6-7-9-50(49)61(86)97/h6-9,20-24,39-48,67H,10-19,25-33H2,1-5H3,(H,68,87)(H,69,88)(H,70,89)(H,71,90)(H,72,91,98)(H,73,92,99)(H,74,93,100)(H,75,94,101)(H,76,95,102)/t39-,40-,41-,42-,43-,44-,45-,46-,47-,48-/m1/s1. The molecule has 6 amide bonds. The Morgan fingerprint density at radius 3 is 0.961 bits per heavy atom. The van der Waals surface area contributed by atoms with Crippen LogP contribution in [0, 0.1) is 34.6 Å². The van der Waals surface area contributed by atoms with E-state index in [-0.39, 0.29) is 157 Å². The number of fused-ring (bicyclic) bond motifs is 1. The summed E-state index contributed by atoms with van der Waals surface area (Å²) in [5.41, 5.74) is -3.96. The molecule has 10 N–H and O–H groups in total. The van der Waals surface area contributed by atoms with E-state index in [9.17, 15) is 76.7 Å². The summed E-state index contributed by atoms with van der Waals surface area (Å²) in [6.07, 6.45) is 8.72. The lowest BCUT2D eigenvalue weighted by molar-refractivity contribution is -0.124. The fraction of sp³-hybridized carbons (Fsp3) is 0.515. The molecule has 0 aliphatic carbocycles. The molecule has 11 heterocycles. The average molecular weight is 1410 g/mol. The number of carbonyl (C=O) groups excluding carboxylic acids is 6. The summed E-state index contributed by atoms with van der Waals surface area (Å²) >= 11 is 0. The van der Waals surface area contributed by atoms with Crippen molar-refractivity contribution < 1.29 is 28.8 Å².